The summed E-state index contributed by atoms with van der Waals surface area (Å²) in [6.45, 7) is 1.89. The maximum absolute atomic E-state index is 9.55. The molecule has 0 amide bonds. The zero-order valence-electron chi connectivity index (χ0n) is 7.41. The summed E-state index contributed by atoms with van der Waals surface area (Å²) < 4.78 is 0. The van der Waals surface area contributed by atoms with E-state index < -0.39 is 0 Å². The highest BCUT2D eigenvalue weighted by atomic mass is 79.9. The summed E-state index contributed by atoms with van der Waals surface area (Å²) in [4.78, 5) is 2.97. The van der Waals surface area contributed by atoms with E-state index in [1.165, 1.54) is 25.7 Å². The lowest BCUT2D eigenvalue weighted by Gasteiger charge is -2.37. The molecule has 2 saturated heterocycles. The Morgan fingerprint density at radius 2 is 1.83 bits per heavy atom. The third kappa shape index (κ3) is 1.45. The van der Waals surface area contributed by atoms with Crippen molar-refractivity contribution in [2.45, 2.75) is 49.4 Å². The lowest BCUT2D eigenvalue weighted by molar-refractivity contribution is 0.226. The van der Waals surface area contributed by atoms with Crippen LogP contribution in [-0.4, -0.2) is 33.8 Å². The smallest absolute Gasteiger partial charge is 0.376 e. The summed E-state index contributed by atoms with van der Waals surface area (Å²) in [6.07, 6.45) is 4.97. The highest BCUT2D eigenvalue weighted by molar-refractivity contribution is 9.09. The van der Waals surface area contributed by atoms with Gasteiger partial charge < -0.3 is 9.83 Å². The molecule has 0 aromatic carbocycles. The zero-order valence-corrected chi connectivity index (χ0v) is 9.00. The topological polar surface area (TPSA) is 23.5 Å². The molecule has 4 heteroatoms. The molecule has 2 rings (SSSR count). The van der Waals surface area contributed by atoms with Crippen molar-refractivity contribution < 1.29 is 5.02 Å². The van der Waals surface area contributed by atoms with E-state index in [4.69, 9.17) is 0 Å². The van der Waals surface area contributed by atoms with Crippen molar-refractivity contribution >= 4 is 23.0 Å². The van der Waals surface area contributed by atoms with Crippen LogP contribution in [-0.2, 0) is 0 Å². The van der Waals surface area contributed by atoms with Crippen LogP contribution in [0.2, 0.25) is 6.82 Å². The van der Waals surface area contributed by atoms with Gasteiger partial charge in [-0.2, -0.15) is 0 Å². The Morgan fingerprint density at radius 1 is 1.33 bits per heavy atom. The zero-order chi connectivity index (χ0) is 8.72. The maximum atomic E-state index is 9.55. The molecule has 0 radical (unpaired) electrons. The first-order valence-corrected chi connectivity index (χ1v) is 5.69. The molecule has 0 unspecified atom stereocenters. The van der Waals surface area contributed by atoms with Crippen molar-refractivity contribution in [2.75, 3.05) is 0 Å². The molecule has 2 fully saturated rings. The van der Waals surface area contributed by atoms with Crippen molar-refractivity contribution in [3.63, 3.8) is 0 Å². The Hall–Kier alpha value is 0.465. The van der Waals surface area contributed by atoms with Gasteiger partial charge >= 0.3 is 7.05 Å². The first-order chi connectivity index (χ1) is 5.68. The number of nitrogens with zero attached hydrogens (tertiary/aromatic N) is 1. The van der Waals surface area contributed by atoms with Gasteiger partial charge in [-0.05, 0) is 32.5 Å². The van der Waals surface area contributed by atoms with Crippen LogP contribution in [0.25, 0.3) is 0 Å². The van der Waals surface area contributed by atoms with Crippen molar-refractivity contribution in [1.29, 1.82) is 0 Å². The van der Waals surface area contributed by atoms with E-state index in [0.717, 1.165) is 0 Å². The Bertz CT molecular complexity index is 164. The number of halogens is 1. The predicted octanol–water partition coefficient (Wildman–Crippen LogP) is 1.49. The minimum atomic E-state index is -0.248. The third-order valence-corrected chi connectivity index (χ3v) is 3.91. The predicted molar refractivity (Wildman–Crippen MR) is 54.4 cm³/mol. The average Bonchev–Trinajstić information content (AvgIpc) is 2.24. The van der Waals surface area contributed by atoms with Crippen LogP contribution in [0.15, 0.2) is 0 Å². The van der Waals surface area contributed by atoms with Gasteiger partial charge in [-0.1, -0.05) is 15.9 Å². The van der Waals surface area contributed by atoms with E-state index in [9.17, 15) is 5.02 Å². The van der Waals surface area contributed by atoms with Gasteiger partial charge in [0.2, 0.25) is 0 Å². The second-order valence-electron chi connectivity index (χ2n) is 4.03. The molecule has 2 aliphatic rings. The van der Waals surface area contributed by atoms with Crippen LogP contribution >= 0.6 is 15.9 Å². The SMILES string of the molecule is CB(O)N1[C@@H]2CC[C@H]1C[C@H](Br)C2. The molecule has 2 aliphatic heterocycles. The van der Waals surface area contributed by atoms with Gasteiger partial charge in [-0.3, -0.25) is 0 Å². The van der Waals surface area contributed by atoms with E-state index in [-0.39, 0.29) is 7.05 Å². The van der Waals surface area contributed by atoms with Gasteiger partial charge in [0.15, 0.2) is 0 Å². The number of rotatable bonds is 1. The quantitative estimate of drug-likeness (QED) is 0.546. The number of fused-ring (bicyclic) bond motifs is 2. The van der Waals surface area contributed by atoms with E-state index in [1.807, 2.05) is 6.82 Å². The summed E-state index contributed by atoms with van der Waals surface area (Å²) in [5, 5.41) is 9.55. The molecule has 0 spiro atoms. The monoisotopic (exact) mass is 231 g/mol. The molecule has 0 aromatic rings. The average molecular weight is 232 g/mol. The second kappa shape index (κ2) is 3.31. The number of alkyl halides is 1. The van der Waals surface area contributed by atoms with Gasteiger partial charge in [0.1, 0.15) is 0 Å². The molecule has 0 saturated carbocycles. The largest absolute Gasteiger partial charge is 0.437 e. The number of hydrogen-bond donors (Lipinski definition) is 1. The molecule has 12 heavy (non-hydrogen) atoms. The molecule has 1 N–H and O–H groups in total. The Labute approximate surface area is 82.6 Å². The molecule has 0 aliphatic carbocycles. The molecule has 2 nitrogen and oxygen atoms in total. The summed E-state index contributed by atoms with van der Waals surface area (Å²) in [6, 6.07) is 1.27. The molecule has 0 aromatic heterocycles. The highest BCUT2D eigenvalue weighted by Crippen LogP contribution is 2.38. The van der Waals surface area contributed by atoms with Gasteiger partial charge in [0, 0.05) is 16.9 Å². The normalized spacial score (nSPS) is 41.8. The Kier molecular flexibility index (Phi) is 2.50. The van der Waals surface area contributed by atoms with Gasteiger partial charge in [-0.15, -0.1) is 0 Å². The lowest BCUT2D eigenvalue weighted by Crippen LogP contribution is -2.50. The molecule has 3 atom stereocenters. The van der Waals surface area contributed by atoms with Crippen LogP contribution in [0.1, 0.15) is 25.7 Å². The fraction of sp³-hybridized carbons (Fsp3) is 1.00. The van der Waals surface area contributed by atoms with Crippen LogP contribution in [0.4, 0.5) is 0 Å². The fourth-order valence-corrected chi connectivity index (χ4v) is 3.62. The minimum absolute atomic E-state index is 0.248. The molecule has 2 heterocycles. The fourth-order valence-electron chi connectivity index (χ4n) is 2.76. The van der Waals surface area contributed by atoms with Crippen LogP contribution in [0.3, 0.4) is 0 Å². The van der Waals surface area contributed by atoms with E-state index in [0.29, 0.717) is 16.9 Å². The maximum Gasteiger partial charge on any atom is 0.376 e. The molecule has 2 bridgehead atoms. The summed E-state index contributed by atoms with van der Waals surface area (Å²) >= 11 is 3.68. The van der Waals surface area contributed by atoms with Gasteiger partial charge in [0.25, 0.3) is 0 Å². The summed E-state index contributed by atoms with van der Waals surface area (Å²) in [7, 11) is -0.248. The van der Waals surface area contributed by atoms with Crippen molar-refractivity contribution in [3.8, 4) is 0 Å². The summed E-state index contributed by atoms with van der Waals surface area (Å²) in [5.41, 5.74) is 0. The second-order valence-corrected chi connectivity index (χ2v) is 5.33. The molecular weight excluding hydrogens is 217 g/mol. The first kappa shape index (κ1) is 9.04. The molecule has 68 valence electrons. The van der Waals surface area contributed by atoms with E-state index in [1.54, 1.807) is 0 Å². The van der Waals surface area contributed by atoms with E-state index in [2.05, 4.69) is 20.7 Å². The molecular formula is C8H15BBrNO. The Morgan fingerprint density at radius 3 is 2.25 bits per heavy atom. The summed E-state index contributed by atoms with van der Waals surface area (Å²) in [5.74, 6) is 0. The third-order valence-electron chi connectivity index (χ3n) is 3.16. The number of piperidine rings is 1. The van der Waals surface area contributed by atoms with Crippen LogP contribution in [0, 0.1) is 0 Å². The van der Waals surface area contributed by atoms with Crippen molar-refractivity contribution in [3.05, 3.63) is 0 Å². The number of hydrogen-bond acceptors (Lipinski definition) is 2. The highest BCUT2D eigenvalue weighted by Gasteiger charge is 2.42. The lowest BCUT2D eigenvalue weighted by atomic mass is 9.79. The van der Waals surface area contributed by atoms with Crippen molar-refractivity contribution in [1.82, 2.24) is 4.81 Å². The van der Waals surface area contributed by atoms with Crippen molar-refractivity contribution in [2.24, 2.45) is 0 Å². The minimum Gasteiger partial charge on any atom is -0.437 e. The van der Waals surface area contributed by atoms with Crippen LogP contribution < -0.4 is 0 Å². The Balaban J connectivity index is 2.09. The van der Waals surface area contributed by atoms with Gasteiger partial charge in [0.05, 0.1) is 0 Å². The van der Waals surface area contributed by atoms with E-state index >= 15 is 0 Å². The first-order valence-electron chi connectivity index (χ1n) is 4.78. The van der Waals surface area contributed by atoms with Gasteiger partial charge in [-0.25, -0.2) is 0 Å². The standard InChI is InChI=1S/C8H15BBrNO/c1-9(12)11-7-2-3-8(11)5-6(10)4-7/h6-8,12H,2-5H2,1H3/t6-,7-,8+. The van der Waals surface area contributed by atoms with Crippen LogP contribution in [0.5, 0.6) is 0 Å².